The third-order valence-electron chi connectivity index (χ3n) is 6.34. The van der Waals surface area contributed by atoms with Crippen LogP contribution in [0.4, 0.5) is 0 Å². The topological polar surface area (TPSA) is 151 Å². The first-order chi connectivity index (χ1) is 19.2. The van der Waals surface area contributed by atoms with Gasteiger partial charge in [0.05, 0.1) is 6.10 Å². The molecule has 1 fully saturated rings. The molecule has 41 heavy (non-hydrogen) atoms. The van der Waals surface area contributed by atoms with Gasteiger partial charge in [-0.1, -0.05) is 59.7 Å². The zero-order chi connectivity index (χ0) is 30.7. The zero-order valence-corrected chi connectivity index (χ0v) is 23.9. The summed E-state index contributed by atoms with van der Waals surface area (Å²) in [4.78, 5) is 37.5. The molecular weight excluding hydrogens is 528 g/mol. The Morgan fingerprint density at radius 2 is 1.56 bits per heavy atom. The molecule has 0 amide bonds. The Bertz CT molecular complexity index is 1310. The van der Waals surface area contributed by atoms with E-state index in [0.717, 1.165) is 18.6 Å². The first kappa shape index (κ1) is 33.0. The van der Waals surface area contributed by atoms with Crippen molar-refractivity contribution >= 4 is 23.8 Å². The number of carbonyl (C=O) groups is 3. The molecule has 0 bridgehead atoms. The van der Waals surface area contributed by atoms with Gasteiger partial charge in [-0.3, -0.25) is 4.79 Å². The van der Waals surface area contributed by atoms with Gasteiger partial charge in [-0.25, -0.2) is 9.59 Å². The van der Waals surface area contributed by atoms with Gasteiger partial charge in [0, 0.05) is 24.5 Å². The summed E-state index contributed by atoms with van der Waals surface area (Å²) in [6.07, 6.45) is 10.1. The molecule has 220 valence electrons. The van der Waals surface area contributed by atoms with Gasteiger partial charge in [0.15, 0.2) is 23.4 Å². The average Bonchev–Trinajstić information content (AvgIpc) is 2.89. The Balaban J connectivity index is 2.16. The molecule has 1 aliphatic carbocycles. The summed E-state index contributed by atoms with van der Waals surface area (Å²) in [5.41, 5.74) is 0.738. The van der Waals surface area contributed by atoms with E-state index in [-0.39, 0.29) is 23.5 Å². The van der Waals surface area contributed by atoms with Crippen molar-refractivity contribution in [3.63, 3.8) is 0 Å². The number of aliphatic hydroxyl groups excluding tert-OH is 1. The summed E-state index contributed by atoms with van der Waals surface area (Å²) in [6.45, 7) is 8.58. The predicted octanol–water partition coefficient (Wildman–Crippen LogP) is 4.38. The molecule has 4 N–H and O–H groups in total. The number of esters is 2. The monoisotopic (exact) mass is 566 g/mol. The standard InChI is InChI=1S/C32H38O9/c1-20(2)9-6-7-10-21(3)11-8-12-22(4)31(38)41-30-27(36)18-32(39,23(5)33)19-28(30)40-29(37)16-14-24-13-15-25(34)26(35)17-24/h6-17,27-28,30,34-36,39H,18-19H2,1-5H3/b7-6+,11-8+,16-14+,21-10+,22-12+/t27-,28-,30-,32+/m1/s1. The van der Waals surface area contributed by atoms with E-state index in [4.69, 9.17) is 9.47 Å². The summed E-state index contributed by atoms with van der Waals surface area (Å²) >= 11 is 0. The Kier molecular flexibility index (Phi) is 12.0. The number of hydrogen-bond acceptors (Lipinski definition) is 9. The van der Waals surface area contributed by atoms with Crippen molar-refractivity contribution in [1.82, 2.24) is 0 Å². The van der Waals surface area contributed by atoms with Gasteiger partial charge in [-0.15, -0.1) is 0 Å². The van der Waals surface area contributed by atoms with E-state index in [9.17, 15) is 34.8 Å². The number of hydrogen-bond donors (Lipinski definition) is 4. The number of benzene rings is 1. The molecule has 0 saturated heterocycles. The highest BCUT2D eigenvalue weighted by Crippen LogP contribution is 2.34. The normalized spacial score (nSPS) is 23.6. The zero-order valence-electron chi connectivity index (χ0n) is 23.9. The van der Waals surface area contributed by atoms with E-state index in [1.165, 1.54) is 42.8 Å². The maximum atomic E-state index is 12.8. The number of allylic oxidation sites excluding steroid dienone is 9. The van der Waals surface area contributed by atoms with Gasteiger partial charge in [-0.2, -0.15) is 0 Å². The number of aromatic hydroxyl groups is 2. The van der Waals surface area contributed by atoms with Crippen LogP contribution in [-0.4, -0.2) is 62.1 Å². The van der Waals surface area contributed by atoms with Crippen LogP contribution in [0.1, 0.15) is 53.0 Å². The van der Waals surface area contributed by atoms with Gasteiger partial charge in [0.1, 0.15) is 11.7 Å². The molecule has 0 radical (unpaired) electrons. The minimum Gasteiger partial charge on any atom is -0.504 e. The van der Waals surface area contributed by atoms with Crippen molar-refractivity contribution in [2.24, 2.45) is 0 Å². The van der Waals surface area contributed by atoms with E-state index in [1.807, 2.05) is 45.1 Å². The number of ketones is 1. The van der Waals surface area contributed by atoms with Crippen LogP contribution in [0, 0.1) is 0 Å². The molecule has 1 saturated carbocycles. The lowest BCUT2D eigenvalue weighted by molar-refractivity contribution is -0.197. The highest BCUT2D eigenvalue weighted by molar-refractivity contribution is 5.89. The molecular formula is C32H38O9. The molecule has 9 nitrogen and oxygen atoms in total. The first-order valence-corrected chi connectivity index (χ1v) is 13.1. The van der Waals surface area contributed by atoms with E-state index >= 15 is 0 Å². The Hall–Kier alpha value is -4.21. The van der Waals surface area contributed by atoms with Gasteiger partial charge in [-0.05, 0) is 58.4 Å². The summed E-state index contributed by atoms with van der Waals surface area (Å²) < 4.78 is 10.9. The Morgan fingerprint density at radius 1 is 0.878 bits per heavy atom. The average molecular weight is 567 g/mol. The molecule has 0 spiro atoms. The third kappa shape index (κ3) is 10.4. The van der Waals surface area contributed by atoms with Crippen molar-refractivity contribution in [3.8, 4) is 11.5 Å². The van der Waals surface area contributed by atoms with Gasteiger partial charge in [0.2, 0.25) is 0 Å². The maximum absolute atomic E-state index is 12.8. The largest absolute Gasteiger partial charge is 0.504 e. The first-order valence-electron chi connectivity index (χ1n) is 13.1. The van der Waals surface area contributed by atoms with Crippen molar-refractivity contribution in [2.75, 3.05) is 0 Å². The van der Waals surface area contributed by atoms with E-state index in [1.54, 1.807) is 12.2 Å². The predicted molar refractivity (Wildman–Crippen MR) is 155 cm³/mol. The molecule has 0 heterocycles. The fourth-order valence-electron chi connectivity index (χ4n) is 3.93. The number of Topliss-reactive ketones (excluding diaryl/α,β-unsaturated/α-hetero) is 1. The van der Waals surface area contributed by atoms with Crippen molar-refractivity contribution in [1.29, 1.82) is 0 Å². The van der Waals surface area contributed by atoms with Gasteiger partial charge < -0.3 is 29.9 Å². The second kappa shape index (κ2) is 15.0. The molecule has 0 aliphatic heterocycles. The fraction of sp³-hybridized carbons (Fsp3) is 0.344. The second-order valence-corrected chi connectivity index (χ2v) is 10.2. The minimum absolute atomic E-state index is 0.214. The molecule has 0 aromatic heterocycles. The minimum atomic E-state index is -1.97. The SMILES string of the molecule is CC(=O)[C@]1(O)C[C@@H](O)[C@@H](OC(=O)/C(C)=C/C=C/C(C)=C/C=C/C=C(C)C)[C@H](OC(=O)/C=C/c2ccc(O)c(O)c2)C1. The summed E-state index contributed by atoms with van der Waals surface area (Å²) in [5.74, 6) is -3.01. The number of phenols is 2. The molecule has 1 aromatic carbocycles. The number of phenolic OH excluding ortho intramolecular Hbond substituents is 2. The van der Waals surface area contributed by atoms with Crippen molar-refractivity contribution in [2.45, 2.75) is 71.4 Å². The number of rotatable bonds is 10. The van der Waals surface area contributed by atoms with Gasteiger partial charge >= 0.3 is 11.9 Å². The molecule has 9 heteroatoms. The second-order valence-electron chi connectivity index (χ2n) is 10.2. The Labute approximate surface area is 240 Å². The maximum Gasteiger partial charge on any atom is 0.334 e. The van der Waals surface area contributed by atoms with Crippen molar-refractivity contribution < 1.29 is 44.3 Å². The highest BCUT2D eigenvalue weighted by atomic mass is 16.6. The Morgan fingerprint density at radius 3 is 2.20 bits per heavy atom. The quantitative estimate of drug-likeness (QED) is 0.140. The van der Waals surface area contributed by atoms with Crippen LogP contribution in [0.5, 0.6) is 11.5 Å². The number of carbonyl (C=O) groups excluding carboxylic acids is 3. The van der Waals surface area contributed by atoms with E-state index < -0.39 is 48.1 Å². The summed E-state index contributed by atoms with van der Waals surface area (Å²) in [5, 5.41) is 40.5. The van der Waals surface area contributed by atoms with Crippen molar-refractivity contribution in [3.05, 3.63) is 89.1 Å². The lowest BCUT2D eigenvalue weighted by Gasteiger charge is -2.41. The smallest absolute Gasteiger partial charge is 0.334 e. The van der Waals surface area contributed by atoms with Crippen LogP contribution in [0.15, 0.2) is 83.5 Å². The number of aliphatic hydroxyl groups is 2. The molecule has 2 rings (SSSR count). The van der Waals surface area contributed by atoms with E-state index in [2.05, 4.69) is 0 Å². The molecule has 1 aliphatic rings. The lowest BCUT2D eigenvalue weighted by atomic mass is 9.77. The van der Waals surface area contributed by atoms with Gasteiger partial charge in [0.25, 0.3) is 0 Å². The van der Waals surface area contributed by atoms with Crippen LogP contribution < -0.4 is 0 Å². The highest BCUT2D eigenvalue weighted by Gasteiger charge is 2.50. The molecule has 4 atom stereocenters. The molecule has 1 aromatic rings. The fourth-order valence-corrected chi connectivity index (χ4v) is 3.93. The molecule has 0 unspecified atom stereocenters. The van der Waals surface area contributed by atoms with Crippen LogP contribution in [-0.2, 0) is 23.9 Å². The third-order valence-corrected chi connectivity index (χ3v) is 6.34. The van der Waals surface area contributed by atoms with Crippen LogP contribution in [0.2, 0.25) is 0 Å². The van der Waals surface area contributed by atoms with Crippen LogP contribution in [0.25, 0.3) is 6.08 Å². The number of ether oxygens (including phenoxy) is 2. The van der Waals surface area contributed by atoms with Crippen LogP contribution >= 0.6 is 0 Å². The lowest BCUT2D eigenvalue weighted by Crippen LogP contribution is -2.57. The van der Waals surface area contributed by atoms with E-state index in [0.29, 0.717) is 5.56 Å². The summed E-state index contributed by atoms with van der Waals surface area (Å²) in [6, 6.07) is 3.92. The van der Waals surface area contributed by atoms with Crippen LogP contribution in [0.3, 0.4) is 0 Å². The summed E-state index contributed by atoms with van der Waals surface area (Å²) in [7, 11) is 0.